The molecule has 2 heteroatoms. The molecule has 1 aliphatic carbocycles. The van der Waals surface area contributed by atoms with Crippen LogP contribution in [0, 0.1) is 11.8 Å². The zero-order valence-electron chi connectivity index (χ0n) is 11.8. The summed E-state index contributed by atoms with van der Waals surface area (Å²) >= 11 is 0. The van der Waals surface area contributed by atoms with Crippen LogP contribution in [0.1, 0.15) is 52.4 Å². The number of piperidine rings is 1. The van der Waals surface area contributed by atoms with Gasteiger partial charge in [0.05, 0.1) is 0 Å². The van der Waals surface area contributed by atoms with Crippen LogP contribution >= 0.6 is 0 Å². The maximum Gasteiger partial charge on any atom is 0.0223 e. The molecule has 0 aromatic heterocycles. The van der Waals surface area contributed by atoms with E-state index in [4.69, 9.17) is 0 Å². The van der Waals surface area contributed by atoms with E-state index in [9.17, 15) is 0 Å². The molecule has 0 aromatic rings. The van der Waals surface area contributed by atoms with Gasteiger partial charge in [-0.3, -0.25) is 0 Å². The van der Waals surface area contributed by atoms with E-state index in [0.29, 0.717) is 0 Å². The summed E-state index contributed by atoms with van der Waals surface area (Å²) in [6, 6.07) is 0.785. The molecule has 0 aromatic carbocycles. The standard InChI is InChI=1S/C15H30N2/c1-3-9-16-15(14-5-6-14)12-17-10-7-13(4-2)8-11-17/h13-16H,3-12H2,1-2H3. The predicted molar refractivity (Wildman–Crippen MR) is 74.3 cm³/mol. The molecule has 1 N–H and O–H groups in total. The number of nitrogens with one attached hydrogen (secondary N) is 1. The van der Waals surface area contributed by atoms with Crippen LogP contribution < -0.4 is 5.32 Å². The molecule has 2 aliphatic rings. The van der Waals surface area contributed by atoms with E-state index in [1.165, 1.54) is 64.7 Å². The molecular formula is C15H30N2. The van der Waals surface area contributed by atoms with Crippen LogP contribution in [-0.2, 0) is 0 Å². The van der Waals surface area contributed by atoms with E-state index >= 15 is 0 Å². The van der Waals surface area contributed by atoms with Gasteiger partial charge in [-0.1, -0.05) is 20.3 Å². The predicted octanol–water partition coefficient (Wildman–Crippen LogP) is 2.89. The monoisotopic (exact) mass is 238 g/mol. The summed E-state index contributed by atoms with van der Waals surface area (Å²) in [5.41, 5.74) is 0. The molecule has 2 rings (SSSR count). The smallest absolute Gasteiger partial charge is 0.0223 e. The van der Waals surface area contributed by atoms with Gasteiger partial charge in [-0.2, -0.15) is 0 Å². The Kier molecular flexibility index (Phi) is 5.30. The van der Waals surface area contributed by atoms with E-state index in [2.05, 4.69) is 24.1 Å². The van der Waals surface area contributed by atoms with Crippen LogP contribution in [0.25, 0.3) is 0 Å². The van der Waals surface area contributed by atoms with Crippen molar-refractivity contribution in [3.8, 4) is 0 Å². The van der Waals surface area contributed by atoms with E-state index in [0.717, 1.165) is 17.9 Å². The fraction of sp³-hybridized carbons (Fsp3) is 1.00. The molecule has 0 spiro atoms. The van der Waals surface area contributed by atoms with Gasteiger partial charge in [-0.05, 0) is 63.6 Å². The Morgan fingerprint density at radius 1 is 1.12 bits per heavy atom. The summed E-state index contributed by atoms with van der Waals surface area (Å²) in [6.45, 7) is 9.80. The minimum atomic E-state index is 0.785. The number of hydrogen-bond acceptors (Lipinski definition) is 2. The molecule has 1 aliphatic heterocycles. The van der Waals surface area contributed by atoms with Crippen LogP contribution in [-0.4, -0.2) is 37.1 Å². The van der Waals surface area contributed by atoms with Crippen molar-refractivity contribution in [2.45, 2.75) is 58.4 Å². The summed E-state index contributed by atoms with van der Waals surface area (Å²) in [5.74, 6) is 2.00. The molecule has 1 heterocycles. The Morgan fingerprint density at radius 3 is 2.35 bits per heavy atom. The fourth-order valence-electron chi connectivity index (χ4n) is 3.06. The van der Waals surface area contributed by atoms with Crippen molar-refractivity contribution >= 4 is 0 Å². The lowest BCUT2D eigenvalue weighted by Gasteiger charge is -2.34. The Bertz CT molecular complexity index is 205. The fourth-order valence-corrected chi connectivity index (χ4v) is 3.06. The molecule has 0 amide bonds. The summed E-state index contributed by atoms with van der Waals surface area (Å²) in [7, 11) is 0. The second-order valence-corrected chi connectivity index (χ2v) is 6.05. The lowest BCUT2D eigenvalue weighted by Crippen LogP contribution is -2.45. The first-order chi connectivity index (χ1) is 8.33. The van der Waals surface area contributed by atoms with E-state index in [-0.39, 0.29) is 0 Å². The van der Waals surface area contributed by atoms with Crippen molar-refractivity contribution in [1.29, 1.82) is 0 Å². The van der Waals surface area contributed by atoms with Crippen molar-refractivity contribution in [3.63, 3.8) is 0 Å². The maximum atomic E-state index is 3.76. The molecule has 1 unspecified atom stereocenters. The quantitative estimate of drug-likeness (QED) is 0.733. The minimum Gasteiger partial charge on any atom is -0.312 e. The number of rotatable bonds is 7. The van der Waals surface area contributed by atoms with Crippen molar-refractivity contribution in [2.24, 2.45) is 11.8 Å². The van der Waals surface area contributed by atoms with Gasteiger partial charge in [0.2, 0.25) is 0 Å². The zero-order valence-corrected chi connectivity index (χ0v) is 11.8. The molecule has 1 atom stereocenters. The first-order valence-electron chi connectivity index (χ1n) is 7.79. The second kappa shape index (κ2) is 6.75. The molecule has 17 heavy (non-hydrogen) atoms. The maximum absolute atomic E-state index is 3.76. The second-order valence-electron chi connectivity index (χ2n) is 6.05. The Morgan fingerprint density at radius 2 is 1.82 bits per heavy atom. The van der Waals surface area contributed by atoms with Crippen molar-refractivity contribution in [1.82, 2.24) is 10.2 Å². The van der Waals surface area contributed by atoms with Crippen LogP contribution in [0.4, 0.5) is 0 Å². The van der Waals surface area contributed by atoms with Gasteiger partial charge in [0, 0.05) is 12.6 Å². The van der Waals surface area contributed by atoms with E-state index in [1.807, 2.05) is 0 Å². The first-order valence-corrected chi connectivity index (χ1v) is 7.79. The summed E-state index contributed by atoms with van der Waals surface area (Å²) in [4.78, 5) is 2.71. The van der Waals surface area contributed by atoms with Gasteiger partial charge in [0.1, 0.15) is 0 Å². The van der Waals surface area contributed by atoms with Gasteiger partial charge >= 0.3 is 0 Å². The highest BCUT2D eigenvalue weighted by Gasteiger charge is 2.32. The molecule has 0 radical (unpaired) electrons. The molecule has 0 bridgehead atoms. The van der Waals surface area contributed by atoms with E-state index in [1.54, 1.807) is 0 Å². The molecule has 2 fully saturated rings. The topological polar surface area (TPSA) is 15.3 Å². The Labute approximate surface area is 107 Å². The lowest BCUT2D eigenvalue weighted by atomic mass is 9.94. The summed E-state index contributed by atoms with van der Waals surface area (Å²) in [5, 5.41) is 3.76. The first kappa shape index (κ1) is 13.4. The van der Waals surface area contributed by atoms with Gasteiger partial charge in [-0.15, -0.1) is 0 Å². The normalized spacial score (nSPS) is 25.1. The van der Waals surface area contributed by atoms with Gasteiger partial charge in [-0.25, -0.2) is 0 Å². The van der Waals surface area contributed by atoms with Crippen molar-refractivity contribution < 1.29 is 0 Å². The molecule has 1 saturated heterocycles. The largest absolute Gasteiger partial charge is 0.312 e. The van der Waals surface area contributed by atoms with Crippen molar-refractivity contribution in [2.75, 3.05) is 26.2 Å². The van der Waals surface area contributed by atoms with E-state index < -0.39 is 0 Å². The highest BCUT2D eigenvalue weighted by atomic mass is 15.2. The third-order valence-corrected chi connectivity index (χ3v) is 4.59. The minimum absolute atomic E-state index is 0.785. The van der Waals surface area contributed by atoms with Gasteiger partial charge < -0.3 is 10.2 Å². The highest BCUT2D eigenvalue weighted by Crippen LogP contribution is 2.33. The van der Waals surface area contributed by atoms with Crippen LogP contribution in [0.3, 0.4) is 0 Å². The summed E-state index contributed by atoms with van der Waals surface area (Å²) < 4.78 is 0. The Hall–Kier alpha value is -0.0800. The summed E-state index contributed by atoms with van der Waals surface area (Å²) in [6.07, 6.45) is 8.44. The average molecular weight is 238 g/mol. The van der Waals surface area contributed by atoms with Crippen molar-refractivity contribution in [3.05, 3.63) is 0 Å². The van der Waals surface area contributed by atoms with Crippen LogP contribution in [0.2, 0.25) is 0 Å². The lowest BCUT2D eigenvalue weighted by molar-refractivity contribution is 0.161. The molecular weight excluding hydrogens is 208 g/mol. The third kappa shape index (κ3) is 4.26. The molecule has 1 saturated carbocycles. The van der Waals surface area contributed by atoms with Gasteiger partial charge in [0.15, 0.2) is 0 Å². The number of hydrogen-bond donors (Lipinski definition) is 1. The zero-order chi connectivity index (χ0) is 12.1. The number of nitrogens with zero attached hydrogens (tertiary/aromatic N) is 1. The molecule has 2 nitrogen and oxygen atoms in total. The van der Waals surface area contributed by atoms with Crippen LogP contribution in [0.15, 0.2) is 0 Å². The third-order valence-electron chi connectivity index (χ3n) is 4.59. The number of likely N-dealkylation sites (tertiary alicyclic amines) is 1. The van der Waals surface area contributed by atoms with Crippen LogP contribution in [0.5, 0.6) is 0 Å². The average Bonchev–Trinajstić information content (AvgIpc) is 3.19. The molecule has 100 valence electrons. The highest BCUT2D eigenvalue weighted by molar-refractivity contribution is 4.89. The SMILES string of the molecule is CCCNC(CN1CCC(CC)CC1)C1CC1. The van der Waals surface area contributed by atoms with Gasteiger partial charge in [0.25, 0.3) is 0 Å². The Balaban J connectivity index is 1.70.